The van der Waals surface area contributed by atoms with Gasteiger partial charge in [-0.05, 0) is 12.0 Å². The molecular weight excluding hydrogens is 428 g/mol. The lowest BCUT2D eigenvalue weighted by Gasteiger charge is -2.22. The minimum absolute atomic E-state index is 0.143. The highest BCUT2D eigenvalue weighted by Crippen LogP contribution is 2.42. The summed E-state index contributed by atoms with van der Waals surface area (Å²) in [5.41, 5.74) is 1.09. The quantitative estimate of drug-likeness (QED) is 0.712. The second kappa shape index (κ2) is 9.26. The summed E-state index contributed by atoms with van der Waals surface area (Å²) in [4.78, 5) is 12.7. The van der Waals surface area contributed by atoms with Crippen LogP contribution in [0.15, 0.2) is 10.6 Å². The van der Waals surface area contributed by atoms with Crippen LogP contribution in [0.3, 0.4) is 0 Å². The Labute approximate surface area is 182 Å². The first-order valence-corrected chi connectivity index (χ1v) is 10.8. The summed E-state index contributed by atoms with van der Waals surface area (Å²) in [5, 5.41) is 7.17. The van der Waals surface area contributed by atoms with Crippen LogP contribution in [0.1, 0.15) is 33.9 Å². The number of alkyl halides is 2. The molecule has 0 saturated carbocycles. The first-order chi connectivity index (χ1) is 15.6. The van der Waals surface area contributed by atoms with Gasteiger partial charge in [-0.2, -0.15) is 5.10 Å². The van der Waals surface area contributed by atoms with Crippen LogP contribution in [0.2, 0.25) is 0 Å². The molecule has 2 atom stereocenters. The predicted octanol–water partition coefficient (Wildman–Crippen LogP) is 1.74. The van der Waals surface area contributed by atoms with Crippen LogP contribution in [-0.4, -0.2) is 74.1 Å². The number of hydrogen-bond donors (Lipinski definition) is 1. The highest BCUT2D eigenvalue weighted by Gasteiger charge is 2.36. The predicted molar refractivity (Wildman–Crippen MR) is 106 cm³/mol. The Bertz CT molecular complexity index is 963. The third-order valence-electron chi connectivity index (χ3n) is 5.79. The van der Waals surface area contributed by atoms with Gasteiger partial charge in [0.1, 0.15) is 11.9 Å². The molecular formula is C21H25F2N3O6. The minimum Gasteiger partial charge on any atom is -0.455 e. The number of fused-ring (bicyclic) bond motifs is 3. The number of ether oxygens (including phenoxy) is 4. The molecule has 2 aromatic rings. The SMILES string of the molecule is O=C(NC[C@@H]1COCCO1)c1oc2c(c1C(F)F)-c1nn(C[C@H]3COCCO3)cc1CC2. The smallest absolute Gasteiger partial charge is 0.287 e. The summed E-state index contributed by atoms with van der Waals surface area (Å²) in [6.07, 6.45) is -0.489. The fourth-order valence-electron chi connectivity index (χ4n) is 4.30. The van der Waals surface area contributed by atoms with E-state index in [1.807, 2.05) is 6.20 Å². The number of hydrogen-bond acceptors (Lipinski definition) is 7. The van der Waals surface area contributed by atoms with Crippen molar-refractivity contribution in [2.24, 2.45) is 0 Å². The van der Waals surface area contributed by atoms with Gasteiger partial charge < -0.3 is 28.7 Å². The molecule has 32 heavy (non-hydrogen) atoms. The monoisotopic (exact) mass is 453 g/mol. The van der Waals surface area contributed by atoms with Crippen molar-refractivity contribution < 1.29 is 36.9 Å². The molecule has 1 aliphatic carbocycles. The van der Waals surface area contributed by atoms with E-state index in [0.717, 1.165) is 5.56 Å². The molecule has 0 radical (unpaired) electrons. The normalized spacial score (nSPS) is 23.1. The van der Waals surface area contributed by atoms with Gasteiger partial charge in [-0.1, -0.05) is 0 Å². The van der Waals surface area contributed by atoms with Gasteiger partial charge in [-0.25, -0.2) is 8.78 Å². The number of rotatable bonds is 6. The molecule has 2 aromatic heterocycles. The van der Waals surface area contributed by atoms with Gasteiger partial charge in [0.2, 0.25) is 5.76 Å². The van der Waals surface area contributed by atoms with E-state index in [1.54, 1.807) is 4.68 Å². The van der Waals surface area contributed by atoms with Crippen molar-refractivity contribution in [3.8, 4) is 11.3 Å². The lowest BCUT2D eigenvalue weighted by Crippen LogP contribution is -2.39. The molecule has 0 aromatic carbocycles. The molecule has 174 valence electrons. The fraction of sp³-hybridized carbons (Fsp3) is 0.619. The number of nitrogens with zero attached hydrogens (tertiary/aromatic N) is 2. The average Bonchev–Trinajstić information content (AvgIpc) is 3.39. The number of furan rings is 1. The maximum absolute atomic E-state index is 14.1. The largest absolute Gasteiger partial charge is 0.455 e. The summed E-state index contributed by atoms with van der Waals surface area (Å²) in [6.45, 7) is 3.42. The molecule has 1 amide bonds. The third kappa shape index (κ3) is 4.29. The van der Waals surface area contributed by atoms with E-state index in [0.29, 0.717) is 70.5 Å². The first-order valence-electron chi connectivity index (χ1n) is 10.8. The van der Waals surface area contributed by atoms with Crippen LogP contribution < -0.4 is 5.32 Å². The van der Waals surface area contributed by atoms with Gasteiger partial charge >= 0.3 is 0 Å². The standard InChI is InChI=1S/C21H25F2N3O6/c22-20(23)17-16-15(32-19(17)21(27)24-7-13-10-28-3-5-30-13)2-1-12-8-26(25-18(12)16)9-14-11-29-4-6-31-14/h8,13-14,20H,1-7,9-11H2,(H,24,27)/t13-,14+/m1/s1. The van der Waals surface area contributed by atoms with Crippen LogP contribution in [-0.2, 0) is 38.3 Å². The van der Waals surface area contributed by atoms with E-state index in [4.69, 9.17) is 23.4 Å². The van der Waals surface area contributed by atoms with Gasteiger partial charge in [0.05, 0.1) is 69.1 Å². The second-order valence-corrected chi connectivity index (χ2v) is 8.01. The zero-order valence-electron chi connectivity index (χ0n) is 17.5. The molecule has 0 bridgehead atoms. The Morgan fingerprint density at radius 2 is 1.88 bits per heavy atom. The van der Waals surface area contributed by atoms with E-state index in [-0.39, 0.29) is 30.1 Å². The Morgan fingerprint density at radius 3 is 2.56 bits per heavy atom. The van der Waals surface area contributed by atoms with Crippen LogP contribution in [0, 0.1) is 0 Å². The molecule has 0 spiro atoms. The van der Waals surface area contributed by atoms with Gasteiger partial charge in [0, 0.05) is 19.2 Å². The van der Waals surface area contributed by atoms with Crippen molar-refractivity contribution in [1.29, 1.82) is 0 Å². The molecule has 0 unspecified atom stereocenters. The van der Waals surface area contributed by atoms with Crippen LogP contribution >= 0.6 is 0 Å². The highest BCUT2D eigenvalue weighted by atomic mass is 19.3. The maximum Gasteiger partial charge on any atom is 0.287 e. The first kappa shape index (κ1) is 21.5. The van der Waals surface area contributed by atoms with Gasteiger partial charge in [0.15, 0.2) is 0 Å². The highest BCUT2D eigenvalue weighted by molar-refractivity contribution is 5.96. The van der Waals surface area contributed by atoms with Gasteiger partial charge in [-0.3, -0.25) is 9.48 Å². The molecule has 1 N–H and O–H groups in total. The van der Waals surface area contributed by atoms with Crippen molar-refractivity contribution in [3.05, 3.63) is 28.8 Å². The zero-order valence-corrected chi connectivity index (χ0v) is 17.5. The summed E-state index contributed by atoms with van der Waals surface area (Å²) in [7, 11) is 0. The number of halogens is 2. The topological polar surface area (TPSA) is 97.0 Å². The minimum atomic E-state index is -2.89. The Kier molecular flexibility index (Phi) is 6.22. The summed E-state index contributed by atoms with van der Waals surface area (Å²) >= 11 is 0. The molecule has 2 aliphatic heterocycles. The lowest BCUT2D eigenvalue weighted by molar-refractivity contribution is -0.0946. The van der Waals surface area contributed by atoms with E-state index in [9.17, 15) is 13.6 Å². The second-order valence-electron chi connectivity index (χ2n) is 8.01. The van der Waals surface area contributed by atoms with Crippen LogP contribution in [0.25, 0.3) is 11.3 Å². The Balaban J connectivity index is 1.39. The Hall–Kier alpha value is -2.34. The number of carbonyl (C=O) groups is 1. The molecule has 5 rings (SSSR count). The number of carbonyl (C=O) groups excluding carboxylic acids is 1. The number of nitrogens with one attached hydrogen (secondary N) is 1. The number of amides is 1. The molecule has 2 fully saturated rings. The molecule has 4 heterocycles. The number of aromatic nitrogens is 2. The van der Waals surface area contributed by atoms with Crippen LogP contribution in [0.4, 0.5) is 8.78 Å². The average molecular weight is 453 g/mol. The Morgan fingerprint density at radius 1 is 1.12 bits per heavy atom. The third-order valence-corrected chi connectivity index (χ3v) is 5.79. The molecule has 2 saturated heterocycles. The zero-order chi connectivity index (χ0) is 22.1. The lowest BCUT2D eigenvalue weighted by atomic mass is 9.93. The van der Waals surface area contributed by atoms with E-state index in [1.165, 1.54) is 0 Å². The number of aryl methyl sites for hydroxylation is 2. The van der Waals surface area contributed by atoms with E-state index < -0.39 is 17.9 Å². The molecule has 3 aliphatic rings. The van der Waals surface area contributed by atoms with Crippen molar-refractivity contribution in [2.75, 3.05) is 46.2 Å². The van der Waals surface area contributed by atoms with E-state index in [2.05, 4.69) is 10.4 Å². The van der Waals surface area contributed by atoms with Crippen molar-refractivity contribution in [1.82, 2.24) is 15.1 Å². The summed E-state index contributed by atoms with van der Waals surface area (Å²) < 4.78 is 57.5. The van der Waals surface area contributed by atoms with Crippen LogP contribution in [0.5, 0.6) is 0 Å². The molecule has 9 nitrogen and oxygen atoms in total. The van der Waals surface area contributed by atoms with E-state index >= 15 is 0 Å². The summed E-state index contributed by atoms with van der Waals surface area (Å²) in [6, 6.07) is 0. The fourth-order valence-corrected chi connectivity index (χ4v) is 4.30. The van der Waals surface area contributed by atoms with Gasteiger partial charge in [-0.15, -0.1) is 0 Å². The van der Waals surface area contributed by atoms with Crippen molar-refractivity contribution >= 4 is 5.91 Å². The maximum atomic E-state index is 14.1. The molecule has 11 heteroatoms. The van der Waals surface area contributed by atoms with Crippen molar-refractivity contribution in [2.45, 2.75) is 38.0 Å². The van der Waals surface area contributed by atoms with Gasteiger partial charge in [0.25, 0.3) is 12.3 Å². The summed E-state index contributed by atoms with van der Waals surface area (Å²) in [5.74, 6) is -0.705. The van der Waals surface area contributed by atoms with Crippen molar-refractivity contribution in [3.63, 3.8) is 0 Å².